The van der Waals surface area contributed by atoms with E-state index >= 15 is 0 Å². The molecular weight excluding hydrogens is 388 g/mol. The molecule has 1 aromatic carbocycles. The predicted octanol–water partition coefficient (Wildman–Crippen LogP) is 2.70. The number of rotatable bonds is 7. The number of benzene rings is 1. The Bertz CT molecular complexity index is 696. The second kappa shape index (κ2) is 8.27. The average Bonchev–Trinajstić information content (AvgIpc) is 2.48. The highest BCUT2D eigenvalue weighted by molar-refractivity contribution is 5.85. The summed E-state index contributed by atoms with van der Waals surface area (Å²) in [5.74, 6) is -4.10. The maximum atomic E-state index is 12.8. The Balaban J connectivity index is 3.03. The van der Waals surface area contributed by atoms with E-state index < -0.39 is 72.2 Å². The van der Waals surface area contributed by atoms with Gasteiger partial charge in [-0.05, 0) is 30.2 Å². The maximum absolute atomic E-state index is 12.8. The van der Waals surface area contributed by atoms with Gasteiger partial charge < -0.3 is 15.5 Å². The molecule has 0 bridgehead atoms. The fourth-order valence-electron chi connectivity index (χ4n) is 2.08. The zero-order valence-electron chi connectivity index (χ0n) is 13.3. The van der Waals surface area contributed by atoms with Gasteiger partial charge in [0.05, 0.1) is 17.5 Å². The zero-order chi connectivity index (χ0) is 21.0. The minimum atomic E-state index is -5.09. The molecule has 0 saturated heterocycles. The molecule has 0 aliphatic heterocycles. The number of carbonyl (C=O) groups excluding carboxylic acids is 1. The first kappa shape index (κ1) is 22.3. The van der Waals surface area contributed by atoms with Crippen LogP contribution >= 0.6 is 0 Å². The van der Waals surface area contributed by atoms with Crippen molar-refractivity contribution >= 4 is 17.8 Å². The van der Waals surface area contributed by atoms with Gasteiger partial charge in [0, 0.05) is 6.42 Å². The molecule has 1 atom stereocenters. The third-order valence-electron chi connectivity index (χ3n) is 3.29. The van der Waals surface area contributed by atoms with Crippen molar-refractivity contribution < 1.29 is 50.9 Å². The Morgan fingerprint density at radius 2 is 1.41 bits per heavy atom. The fraction of sp³-hybridized carbons (Fsp3) is 0.400. The molecule has 150 valence electrons. The van der Waals surface area contributed by atoms with Gasteiger partial charge in [-0.1, -0.05) is 0 Å². The van der Waals surface area contributed by atoms with Gasteiger partial charge in [-0.15, -0.1) is 0 Å². The molecule has 0 aliphatic rings. The van der Waals surface area contributed by atoms with Crippen LogP contribution in [0.15, 0.2) is 18.2 Å². The third-order valence-corrected chi connectivity index (χ3v) is 3.29. The van der Waals surface area contributed by atoms with Gasteiger partial charge in [0.15, 0.2) is 0 Å². The summed E-state index contributed by atoms with van der Waals surface area (Å²) in [4.78, 5) is 33.2. The normalized spacial score (nSPS) is 13.1. The van der Waals surface area contributed by atoms with Crippen molar-refractivity contribution in [1.29, 1.82) is 0 Å². The monoisotopic (exact) mass is 401 g/mol. The first-order valence-electron chi connectivity index (χ1n) is 7.22. The minimum Gasteiger partial charge on any atom is -0.481 e. The van der Waals surface area contributed by atoms with E-state index in [0.29, 0.717) is 12.1 Å². The molecule has 0 radical (unpaired) electrons. The number of halogens is 6. The smallest absolute Gasteiger partial charge is 0.416 e. The van der Waals surface area contributed by atoms with Crippen LogP contribution in [-0.2, 0) is 33.2 Å². The van der Waals surface area contributed by atoms with Crippen LogP contribution in [0.3, 0.4) is 0 Å². The molecule has 0 saturated carbocycles. The molecule has 1 rings (SSSR count). The van der Waals surface area contributed by atoms with E-state index in [2.05, 4.69) is 0 Å². The summed E-state index contributed by atoms with van der Waals surface area (Å²) in [6.45, 7) is 0. The van der Waals surface area contributed by atoms with Crippen molar-refractivity contribution in [1.82, 2.24) is 5.32 Å². The Labute approximate surface area is 147 Å². The summed E-state index contributed by atoms with van der Waals surface area (Å²) in [6.07, 6.45) is -12.2. The first-order valence-corrected chi connectivity index (χ1v) is 7.22. The average molecular weight is 401 g/mol. The second-order valence-electron chi connectivity index (χ2n) is 5.48. The number of amides is 1. The minimum absolute atomic E-state index is 0.103. The Hall–Kier alpha value is -2.79. The largest absolute Gasteiger partial charge is 0.481 e. The van der Waals surface area contributed by atoms with Gasteiger partial charge in [0.25, 0.3) is 0 Å². The predicted molar refractivity (Wildman–Crippen MR) is 76.6 cm³/mol. The number of alkyl halides is 6. The molecule has 0 heterocycles. The van der Waals surface area contributed by atoms with E-state index in [1.165, 1.54) is 0 Å². The zero-order valence-corrected chi connectivity index (χ0v) is 13.3. The summed E-state index contributed by atoms with van der Waals surface area (Å²) in [7, 11) is 0. The molecule has 0 unspecified atom stereocenters. The summed E-state index contributed by atoms with van der Waals surface area (Å²) in [6, 6.07) is -1.06. The van der Waals surface area contributed by atoms with Crippen LogP contribution in [-0.4, -0.2) is 34.1 Å². The van der Waals surface area contributed by atoms with Crippen molar-refractivity contribution in [3.63, 3.8) is 0 Å². The molecular formula is C15H13F6NO5. The molecule has 0 spiro atoms. The number of aliphatic carboxylic acids is 2. The highest BCUT2D eigenvalue weighted by Crippen LogP contribution is 2.36. The number of carbonyl (C=O) groups is 3. The molecule has 1 amide bonds. The van der Waals surface area contributed by atoms with Crippen LogP contribution in [0.4, 0.5) is 26.3 Å². The van der Waals surface area contributed by atoms with Gasteiger partial charge in [0.1, 0.15) is 6.04 Å². The lowest BCUT2D eigenvalue weighted by Gasteiger charge is -2.16. The molecule has 1 aromatic rings. The molecule has 3 N–H and O–H groups in total. The van der Waals surface area contributed by atoms with Gasteiger partial charge in [-0.3, -0.25) is 9.59 Å². The quantitative estimate of drug-likeness (QED) is 0.610. The fourth-order valence-corrected chi connectivity index (χ4v) is 2.08. The number of carboxylic acids is 2. The van der Waals surface area contributed by atoms with Crippen LogP contribution in [0.1, 0.15) is 29.5 Å². The summed E-state index contributed by atoms with van der Waals surface area (Å²) >= 11 is 0. The number of carboxylic acid groups (broad SMARTS) is 2. The van der Waals surface area contributed by atoms with Gasteiger partial charge in [-0.2, -0.15) is 26.3 Å². The van der Waals surface area contributed by atoms with Crippen LogP contribution in [0.5, 0.6) is 0 Å². The van der Waals surface area contributed by atoms with Crippen LogP contribution in [0, 0.1) is 0 Å². The van der Waals surface area contributed by atoms with Crippen LogP contribution in [0.2, 0.25) is 0 Å². The highest BCUT2D eigenvalue weighted by Gasteiger charge is 2.37. The van der Waals surface area contributed by atoms with E-state index in [4.69, 9.17) is 10.2 Å². The Morgan fingerprint density at radius 3 is 1.78 bits per heavy atom. The van der Waals surface area contributed by atoms with E-state index in [9.17, 15) is 40.7 Å². The van der Waals surface area contributed by atoms with Crippen molar-refractivity contribution in [2.75, 3.05) is 0 Å². The summed E-state index contributed by atoms with van der Waals surface area (Å²) < 4.78 is 76.6. The van der Waals surface area contributed by atoms with Crippen molar-refractivity contribution in [2.24, 2.45) is 0 Å². The van der Waals surface area contributed by atoms with Gasteiger partial charge >= 0.3 is 24.3 Å². The molecule has 12 heteroatoms. The molecule has 0 aliphatic carbocycles. The lowest BCUT2D eigenvalue weighted by molar-refractivity contribution is -0.144. The topological polar surface area (TPSA) is 104 Å². The molecule has 6 nitrogen and oxygen atoms in total. The van der Waals surface area contributed by atoms with Crippen LogP contribution < -0.4 is 5.32 Å². The van der Waals surface area contributed by atoms with Crippen LogP contribution in [0.25, 0.3) is 0 Å². The standard InChI is InChI=1S/C15H13F6NO5/c16-14(17,18)8-3-7(4-9(6-8)15(19,20)21)5-11(23)22-10(13(26)27)1-2-12(24)25/h3-4,6,10H,1-2,5H2,(H,22,23)(H,24,25)(H,26,27)/t10-/m1/s1. The lowest BCUT2D eigenvalue weighted by atomic mass is 10.0. The SMILES string of the molecule is O=C(O)CC[C@@H](NC(=O)Cc1cc(C(F)(F)F)cc(C(F)(F)F)c1)C(=O)O. The van der Waals surface area contributed by atoms with E-state index in [1.807, 2.05) is 5.32 Å². The number of nitrogens with one attached hydrogen (secondary N) is 1. The first-order chi connectivity index (χ1) is 12.2. The van der Waals surface area contributed by atoms with Gasteiger partial charge in [0.2, 0.25) is 5.91 Å². The molecule has 0 aromatic heterocycles. The van der Waals surface area contributed by atoms with E-state index in [1.54, 1.807) is 0 Å². The Morgan fingerprint density at radius 1 is 0.926 bits per heavy atom. The van der Waals surface area contributed by atoms with Crippen molar-refractivity contribution in [2.45, 2.75) is 37.7 Å². The third kappa shape index (κ3) is 7.15. The highest BCUT2D eigenvalue weighted by atomic mass is 19.4. The molecule has 0 fully saturated rings. The second-order valence-corrected chi connectivity index (χ2v) is 5.48. The van der Waals surface area contributed by atoms with E-state index in [0.717, 1.165) is 0 Å². The number of hydrogen-bond acceptors (Lipinski definition) is 3. The molecule has 27 heavy (non-hydrogen) atoms. The van der Waals surface area contributed by atoms with E-state index in [-0.39, 0.29) is 6.07 Å². The maximum Gasteiger partial charge on any atom is 0.416 e. The summed E-state index contributed by atoms with van der Waals surface area (Å²) in [5.41, 5.74) is -3.85. The summed E-state index contributed by atoms with van der Waals surface area (Å²) in [5, 5.41) is 19.3. The Kier molecular flexibility index (Phi) is 6.81. The van der Waals surface area contributed by atoms with Gasteiger partial charge in [-0.25, -0.2) is 4.79 Å². The number of hydrogen-bond donors (Lipinski definition) is 3. The van der Waals surface area contributed by atoms with Crippen molar-refractivity contribution in [3.8, 4) is 0 Å². The van der Waals surface area contributed by atoms with Crippen molar-refractivity contribution in [3.05, 3.63) is 34.9 Å². The lowest BCUT2D eigenvalue weighted by Crippen LogP contribution is -2.41.